The van der Waals surface area contributed by atoms with Gasteiger partial charge in [-0.2, -0.15) is 0 Å². The lowest BCUT2D eigenvalue weighted by Gasteiger charge is -2.46. The number of rotatable bonds is 6. The number of hydrogen-bond acceptors (Lipinski definition) is 7. The first-order chi connectivity index (χ1) is 14.4. The molecule has 0 saturated carbocycles. The summed E-state index contributed by atoms with van der Waals surface area (Å²) in [7, 11) is 0. The molecular formula is C21H34N6O4. The lowest BCUT2D eigenvalue weighted by atomic mass is 9.78. The molecule has 2 aromatic rings. The summed E-state index contributed by atoms with van der Waals surface area (Å²) in [6, 6.07) is -0.277. The average Bonchev–Trinajstić information content (AvgIpc) is 3.30. The summed E-state index contributed by atoms with van der Waals surface area (Å²) in [5, 5.41) is 18.3. The first kappa shape index (κ1) is 23.1. The van der Waals surface area contributed by atoms with Crippen molar-refractivity contribution in [3.63, 3.8) is 0 Å². The molecule has 31 heavy (non-hydrogen) atoms. The number of nitrogens with zero attached hydrogens (tertiary/aromatic N) is 5. The molecule has 0 aliphatic carbocycles. The number of nitrogens with one attached hydrogen (secondary N) is 1. The van der Waals surface area contributed by atoms with Crippen LogP contribution in [-0.4, -0.2) is 54.8 Å². The van der Waals surface area contributed by atoms with Crippen LogP contribution in [0.4, 0.5) is 4.79 Å². The molecular weight excluding hydrogens is 400 g/mol. The van der Waals surface area contributed by atoms with Gasteiger partial charge in [0.05, 0.1) is 31.1 Å². The second-order valence-corrected chi connectivity index (χ2v) is 10.2. The van der Waals surface area contributed by atoms with Gasteiger partial charge >= 0.3 is 6.09 Å². The second kappa shape index (κ2) is 8.86. The molecule has 1 fully saturated rings. The number of piperidine rings is 1. The Kier molecular flexibility index (Phi) is 6.59. The van der Waals surface area contributed by atoms with Crippen molar-refractivity contribution in [2.45, 2.75) is 85.1 Å². The number of hydrogen-bond donors (Lipinski definition) is 2. The van der Waals surface area contributed by atoms with E-state index in [4.69, 9.17) is 9.15 Å². The van der Waals surface area contributed by atoms with E-state index in [0.29, 0.717) is 18.1 Å². The van der Waals surface area contributed by atoms with Gasteiger partial charge in [-0.1, -0.05) is 46.4 Å². The third-order valence-corrected chi connectivity index (χ3v) is 5.35. The van der Waals surface area contributed by atoms with Gasteiger partial charge in [0.2, 0.25) is 5.89 Å². The van der Waals surface area contributed by atoms with Crippen LogP contribution in [0.25, 0.3) is 0 Å². The number of ether oxygens (including phenoxy) is 1. The van der Waals surface area contributed by atoms with Crippen molar-refractivity contribution in [1.29, 1.82) is 0 Å². The molecule has 1 saturated heterocycles. The number of carbonyl (C=O) groups is 1. The Balaban J connectivity index is 1.57. The summed E-state index contributed by atoms with van der Waals surface area (Å²) in [6.07, 6.45) is 4.11. The number of aromatic nitrogens is 4. The maximum absolute atomic E-state index is 11.7. The fourth-order valence-electron chi connectivity index (χ4n) is 3.95. The van der Waals surface area contributed by atoms with Crippen molar-refractivity contribution in [3.05, 3.63) is 29.7 Å². The van der Waals surface area contributed by atoms with E-state index in [-0.39, 0.29) is 36.1 Å². The standard InChI is InChI=1S/C21H34N6O4/c1-20(2,3)16-11-22-17(31-16)13-30-12-14-10-23-27(24-14)25-15-8-7-9-26(19(28)29)18(15)21(4,5)6/h10-11,15,18,25H,7-9,12-13H2,1-6H3,(H,28,29). The Morgan fingerprint density at radius 3 is 2.61 bits per heavy atom. The molecule has 3 heterocycles. The molecule has 10 nitrogen and oxygen atoms in total. The Hall–Kier alpha value is -2.62. The molecule has 2 N–H and O–H groups in total. The highest BCUT2D eigenvalue weighted by molar-refractivity contribution is 5.66. The first-order valence-electron chi connectivity index (χ1n) is 10.7. The minimum atomic E-state index is -0.893. The predicted octanol–water partition coefficient (Wildman–Crippen LogP) is 3.38. The zero-order valence-corrected chi connectivity index (χ0v) is 19.3. The molecule has 0 aromatic carbocycles. The zero-order valence-electron chi connectivity index (χ0n) is 19.3. The molecule has 0 bridgehead atoms. The molecule has 3 rings (SSSR count). The first-order valence-corrected chi connectivity index (χ1v) is 10.7. The topological polar surface area (TPSA) is 119 Å². The van der Waals surface area contributed by atoms with Crippen molar-refractivity contribution in [2.75, 3.05) is 12.0 Å². The minimum Gasteiger partial charge on any atom is -0.465 e. The Labute approximate surface area is 182 Å². The summed E-state index contributed by atoms with van der Waals surface area (Å²) in [5.41, 5.74) is 3.61. The minimum absolute atomic E-state index is 0.0887. The highest BCUT2D eigenvalue weighted by atomic mass is 16.5. The van der Waals surface area contributed by atoms with Gasteiger partial charge in [0, 0.05) is 12.0 Å². The number of likely N-dealkylation sites (tertiary alicyclic amines) is 1. The van der Waals surface area contributed by atoms with Gasteiger partial charge < -0.3 is 19.2 Å². The second-order valence-electron chi connectivity index (χ2n) is 10.2. The lowest BCUT2D eigenvalue weighted by molar-refractivity contribution is 0.0481. The number of amides is 1. The van der Waals surface area contributed by atoms with Crippen LogP contribution in [0.15, 0.2) is 16.8 Å². The van der Waals surface area contributed by atoms with Gasteiger partial charge in [0.25, 0.3) is 0 Å². The van der Waals surface area contributed by atoms with Gasteiger partial charge in [-0.05, 0) is 18.3 Å². The third-order valence-electron chi connectivity index (χ3n) is 5.35. The Morgan fingerprint density at radius 1 is 1.26 bits per heavy atom. The van der Waals surface area contributed by atoms with E-state index in [0.717, 1.165) is 18.6 Å². The largest absolute Gasteiger partial charge is 0.465 e. The normalized spacial score (nSPS) is 20.1. The highest BCUT2D eigenvalue weighted by Crippen LogP contribution is 2.32. The molecule has 2 aromatic heterocycles. The van der Waals surface area contributed by atoms with Crippen LogP contribution in [0.5, 0.6) is 0 Å². The van der Waals surface area contributed by atoms with Crippen molar-refractivity contribution in [1.82, 2.24) is 25.0 Å². The fraction of sp³-hybridized carbons (Fsp3) is 0.714. The van der Waals surface area contributed by atoms with Crippen molar-refractivity contribution in [2.24, 2.45) is 5.41 Å². The van der Waals surface area contributed by atoms with Crippen LogP contribution in [0, 0.1) is 5.41 Å². The van der Waals surface area contributed by atoms with E-state index < -0.39 is 6.09 Å². The van der Waals surface area contributed by atoms with Crippen LogP contribution in [-0.2, 0) is 23.4 Å². The zero-order chi connectivity index (χ0) is 22.8. The lowest BCUT2D eigenvalue weighted by Crippen LogP contribution is -2.60. The smallest absolute Gasteiger partial charge is 0.407 e. The van der Waals surface area contributed by atoms with E-state index in [2.05, 4.69) is 62.1 Å². The summed E-state index contributed by atoms with van der Waals surface area (Å²) in [4.78, 5) is 18.9. The quantitative estimate of drug-likeness (QED) is 0.710. The van der Waals surface area contributed by atoms with Crippen LogP contribution >= 0.6 is 0 Å². The van der Waals surface area contributed by atoms with Gasteiger partial charge in [-0.25, -0.2) is 9.78 Å². The summed E-state index contributed by atoms with van der Waals surface area (Å²) < 4.78 is 11.4. The number of oxazole rings is 1. The molecule has 2 unspecified atom stereocenters. The summed E-state index contributed by atoms with van der Waals surface area (Å²) >= 11 is 0. The molecule has 0 radical (unpaired) electrons. The molecule has 1 amide bonds. The van der Waals surface area contributed by atoms with Crippen LogP contribution in [0.1, 0.15) is 71.7 Å². The highest BCUT2D eigenvalue weighted by Gasteiger charge is 2.42. The molecule has 1 aliphatic heterocycles. The fourth-order valence-corrected chi connectivity index (χ4v) is 3.95. The van der Waals surface area contributed by atoms with E-state index in [1.54, 1.807) is 12.4 Å². The maximum atomic E-state index is 11.7. The van der Waals surface area contributed by atoms with Gasteiger partial charge in [0.15, 0.2) is 0 Å². The predicted molar refractivity (Wildman–Crippen MR) is 114 cm³/mol. The third kappa shape index (κ3) is 5.75. The molecule has 2 atom stereocenters. The van der Waals surface area contributed by atoms with Gasteiger partial charge in [-0.15, -0.1) is 10.2 Å². The van der Waals surface area contributed by atoms with E-state index >= 15 is 0 Å². The van der Waals surface area contributed by atoms with Crippen LogP contribution in [0.3, 0.4) is 0 Å². The molecule has 0 spiro atoms. The maximum Gasteiger partial charge on any atom is 0.407 e. The van der Waals surface area contributed by atoms with Crippen LogP contribution < -0.4 is 5.43 Å². The number of carboxylic acid groups (broad SMARTS) is 1. The van der Waals surface area contributed by atoms with Crippen molar-refractivity contribution in [3.8, 4) is 0 Å². The van der Waals surface area contributed by atoms with Gasteiger partial charge in [-0.3, -0.25) is 5.43 Å². The monoisotopic (exact) mass is 434 g/mol. The van der Waals surface area contributed by atoms with E-state index in [1.807, 2.05) is 0 Å². The summed E-state index contributed by atoms with van der Waals surface area (Å²) in [6.45, 7) is 13.4. The van der Waals surface area contributed by atoms with Crippen LogP contribution in [0.2, 0.25) is 0 Å². The Bertz CT molecular complexity index is 879. The van der Waals surface area contributed by atoms with Crippen molar-refractivity contribution < 1.29 is 19.1 Å². The van der Waals surface area contributed by atoms with E-state index in [9.17, 15) is 9.90 Å². The Morgan fingerprint density at radius 2 is 2.00 bits per heavy atom. The average molecular weight is 435 g/mol. The van der Waals surface area contributed by atoms with Crippen molar-refractivity contribution >= 4 is 6.09 Å². The molecule has 172 valence electrons. The van der Waals surface area contributed by atoms with Gasteiger partial charge in [0.1, 0.15) is 18.1 Å². The summed E-state index contributed by atoms with van der Waals surface area (Å²) in [5.74, 6) is 1.34. The molecule has 10 heteroatoms. The van der Waals surface area contributed by atoms with E-state index in [1.165, 1.54) is 9.81 Å². The SMILES string of the molecule is CC(C)(C)c1cnc(COCc2cnn(NC3CCCN(C(=O)O)C3C(C)(C)C)n2)o1. The molecule has 1 aliphatic rings.